The molecule has 1 amide bonds. The Bertz CT molecular complexity index is 802. The van der Waals surface area contributed by atoms with E-state index in [2.05, 4.69) is 22.1 Å². The smallest absolute Gasteiger partial charge is 0.219 e. The summed E-state index contributed by atoms with van der Waals surface area (Å²) in [4.78, 5) is 15.0. The molecule has 1 heterocycles. The van der Waals surface area contributed by atoms with Gasteiger partial charge in [0.25, 0.3) is 0 Å². The first kappa shape index (κ1) is 17.6. The number of carbonyl (C=O) groups is 1. The van der Waals surface area contributed by atoms with Crippen LogP contribution in [0.1, 0.15) is 25.0 Å². The number of hydrogen-bond acceptors (Lipinski definition) is 3. The number of ether oxygens (including phenoxy) is 1. The second kappa shape index (κ2) is 8.76. The third kappa shape index (κ3) is 5.45. The molecule has 0 fully saturated rings. The largest absolute Gasteiger partial charge is 0.437 e. The Morgan fingerprint density at radius 2 is 2.21 bits per heavy atom. The number of amides is 1. The summed E-state index contributed by atoms with van der Waals surface area (Å²) in [5.41, 5.74) is 1.75. The van der Waals surface area contributed by atoms with Crippen LogP contribution in [0.4, 0.5) is 0 Å². The van der Waals surface area contributed by atoms with E-state index in [1.807, 2.05) is 24.3 Å². The maximum absolute atomic E-state index is 10.8. The zero-order valence-electron chi connectivity index (χ0n) is 13.5. The maximum Gasteiger partial charge on any atom is 0.219 e. The molecule has 0 aliphatic carbocycles. The molecule has 0 saturated carbocycles. The number of nitrogens with one attached hydrogen (secondary N) is 1. The van der Waals surface area contributed by atoms with Gasteiger partial charge in [0.2, 0.25) is 11.8 Å². The van der Waals surface area contributed by atoms with Crippen LogP contribution in [0.3, 0.4) is 0 Å². The Balaban J connectivity index is 2.01. The van der Waals surface area contributed by atoms with Crippen LogP contribution in [0.25, 0.3) is 6.08 Å². The van der Waals surface area contributed by atoms with Crippen LogP contribution < -0.4 is 10.1 Å². The number of pyridine rings is 1. The first-order valence-electron chi connectivity index (χ1n) is 7.35. The third-order valence-electron chi connectivity index (χ3n) is 2.95. The summed E-state index contributed by atoms with van der Waals surface area (Å²) in [6.45, 7) is 3.73. The van der Waals surface area contributed by atoms with Crippen LogP contribution in [0.5, 0.6) is 11.6 Å². The van der Waals surface area contributed by atoms with Crippen molar-refractivity contribution in [1.82, 2.24) is 10.3 Å². The van der Waals surface area contributed by atoms with Gasteiger partial charge in [0, 0.05) is 31.3 Å². The Kier molecular flexibility index (Phi) is 6.41. The highest BCUT2D eigenvalue weighted by molar-refractivity contribution is 6.32. The zero-order valence-corrected chi connectivity index (χ0v) is 14.2. The summed E-state index contributed by atoms with van der Waals surface area (Å²) in [6.07, 6.45) is 5.41. The van der Waals surface area contributed by atoms with Gasteiger partial charge in [-0.3, -0.25) is 4.79 Å². The molecule has 0 unspecified atom stereocenters. The molecule has 2 rings (SSSR count). The molecule has 24 heavy (non-hydrogen) atoms. The van der Waals surface area contributed by atoms with Crippen LogP contribution in [0.15, 0.2) is 42.6 Å². The van der Waals surface area contributed by atoms with Crippen LogP contribution in [0.2, 0.25) is 5.02 Å². The van der Waals surface area contributed by atoms with Crippen molar-refractivity contribution in [3.63, 3.8) is 0 Å². The van der Waals surface area contributed by atoms with E-state index in [-0.39, 0.29) is 5.91 Å². The van der Waals surface area contributed by atoms with E-state index in [4.69, 9.17) is 16.3 Å². The lowest BCUT2D eigenvalue weighted by Gasteiger charge is -2.07. The summed E-state index contributed by atoms with van der Waals surface area (Å²) >= 11 is 6.19. The Hall–Kier alpha value is -2.77. The first-order valence-corrected chi connectivity index (χ1v) is 7.73. The van der Waals surface area contributed by atoms with E-state index in [1.165, 1.54) is 6.92 Å². The van der Waals surface area contributed by atoms with E-state index in [0.717, 1.165) is 11.1 Å². The predicted octanol–water partition coefficient (Wildman–Crippen LogP) is 4.05. The van der Waals surface area contributed by atoms with Gasteiger partial charge in [-0.15, -0.1) is 5.92 Å². The predicted molar refractivity (Wildman–Crippen MR) is 96.0 cm³/mol. The van der Waals surface area contributed by atoms with Gasteiger partial charge in [0.05, 0.1) is 5.02 Å². The van der Waals surface area contributed by atoms with Crippen LogP contribution in [-0.4, -0.2) is 17.4 Å². The molecule has 1 aromatic carbocycles. The summed E-state index contributed by atoms with van der Waals surface area (Å²) in [5, 5.41) is 3.17. The SMILES string of the molecule is CC#Cc1ccc(Oc2ccc(/C=C/CNC(C)=O)cn2)c(Cl)c1. The van der Waals surface area contributed by atoms with Gasteiger partial charge in [-0.25, -0.2) is 4.98 Å². The van der Waals surface area contributed by atoms with Crippen molar-refractivity contribution in [3.05, 3.63) is 58.8 Å². The number of halogens is 1. The maximum atomic E-state index is 10.8. The molecule has 1 aromatic heterocycles. The average molecular weight is 341 g/mol. The monoisotopic (exact) mass is 340 g/mol. The van der Waals surface area contributed by atoms with Crippen molar-refractivity contribution in [3.8, 4) is 23.5 Å². The molecule has 5 heteroatoms. The molecular formula is C19H17ClN2O2. The lowest BCUT2D eigenvalue weighted by Crippen LogP contribution is -2.19. The fourth-order valence-corrected chi connectivity index (χ4v) is 2.09. The minimum Gasteiger partial charge on any atom is -0.437 e. The quantitative estimate of drug-likeness (QED) is 0.835. The molecular weight excluding hydrogens is 324 g/mol. The van der Waals surface area contributed by atoms with Crippen molar-refractivity contribution in [2.24, 2.45) is 0 Å². The van der Waals surface area contributed by atoms with Crippen LogP contribution in [-0.2, 0) is 4.79 Å². The van der Waals surface area contributed by atoms with E-state index >= 15 is 0 Å². The molecule has 0 saturated heterocycles. The molecule has 122 valence electrons. The molecule has 4 nitrogen and oxygen atoms in total. The fourth-order valence-electron chi connectivity index (χ4n) is 1.87. The van der Waals surface area contributed by atoms with Crippen LogP contribution in [0, 0.1) is 11.8 Å². The molecule has 0 aliphatic rings. The Morgan fingerprint density at radius 3 is 2.83 bits per heavy atom. The average Bonchev–Trinajstić information content (AvgIpc) is 2.56. The zero-order chi connectivity index (χ0) is 17.4. The van der Waals surface area contributed by atoms with E-state index in [9.17, 15) is 4.79 Å². The van der Waals surface area contributed by atoms with Gasteiger partial charge in [0.1, 0.15) is 5.75 Å². The topological polar surface area (TPSA) is 51.2 Å². The van der Waals surface area contributed by atoms with Crippen LogP contribution >= 0.6 is 11.6 Å². The third-order valence-corrected chi connectivity index (χ3v) is 3.25. The minimum atomic E-state index is -0.0608. The van der Waals surface area contributed by atoms with Crippen molar-refractivity contribution in [2.75, 3.05) is 6.54 Å². The summed E-state index contributed by atoms with van der Waals surface area (Å²) in [7, 11) is 0. The van der Waals surface area contributed by atoms with E-state index in [1.54, 1.807) is 31.3 Å². The first-order chi connectivity index (χ1) is 11.6. The summed E-state index contributed by atoms with van der Waals surface area (Å²) in [5.74, 6) is 6.68. The molecule has 1 N–H and O–H groups in total. The lowest BCUT2D eigenvalue weighted by molar-refractivity contribution is -0.118. The number of rotatable bonds is 5. The van der Waals surface area contributed by atoms with Gasteiger partial charge in [-0.2, -0.15) is 0 Å². The molecule has 0 radical (unpaired) electrons. The number of benzene rings is 1. The second-order valence-corrected chi connectivity index (χ2v) is 5.30. The molecule has 0 spiro atoms. The van der Waals surface area contributed by atoms with E-state index in [0.29, 0.717) is 23.2 Å². The van der Waals surface area contributed by atoms with Gasteiger partial charge in [-0.05, 0) is 36.8 Å². The van der Waals surface area contributed by atoms with Crippen molar-refractivity contribution in [2.45, 2.75) is 13.8 Å². The molecule has 0 aliphatic heterocycles. The minimum absolute atomic E-state index is 0.0608. The molecule has 0 atom stereocenters. The standard InChI is InChI=1S/C19H17ClN2O2/c1-3-5-15-7-9-18(17(20)12-15)24-19-10-8-16(13-22-19)6-4-11-21-14(2)23/h4,6-10,12-13H,11H2,1-2H3,(H,21,23)/b6-4+. The fraction of sp³-hybridized carbons (Fsp3) is 0.158. The van der Waals surface area contributed by atoms with Gasteiger partial charge >= 0.3 is 0 Å². The summed E-state index contributed by atoms with van der Waals surface area (Å²) in [6, 6.07) is 9.00. The second-order valence-electron chi connectivity index (χ2n) is 4.89. The van der Waals surface area contributed by atoms with Crippen molar-refractivity contribution >= 4 is 23.6 Å². The van der Waals surface area contributed by atoms with Crippen molar-refractivity contribution in [1.29, 1.82) is 0 Å². The normalized spacial score (nSPS) is 10.1. The Labute approximate surface area is 146 Å². The summed E-state index contributed by atoms with van der Waals surface area (Å²) < 4.78 is 5.68. The van der Waals surface area contributed by atoms with Crippen molar-refractivity contribution < 1.29 is 9.53 Å². The highest BCUT2D eigenvalue weighted by atomic mass is 35.5. The van der Waals surface area contributed by atoms with Gasteiger partial charge in [0.15, 0.2) is 0 Å². The number of aromatic nitrogens is 1. The highest BCUT2D eigenvalue weighted by Gasteiger charge is 2.04. The number of carbonyl (C=O) groups excluding carboxylic acids is 1. The van der Waals surface area contributed by atoms with Gasteiger partial charge < -0.3 is 10.1 Å². The number of nitrogens with zero attached hydrogens (tertiary/aromatic N) is 1. The van der Waals surface area contributed by atoms with E-state index < -0.39 is 0 Å². The molecule has 0 bridgehead atoms. The number of hydrogen-bond donors (Lipinski definition) is 1. The highest BCUT2D eigenvalue weighted by Crippen LogP contribution is 2.29. The lowest BCUT2D eigenvalue weighted by atomic mass is 10.2. The van der Waals surface area contributed by atoms with Gasteiger partial charge in [-0.1, -0.05) is 29.7 Å². The molecule has 2 aromatic rings. The Morgan fingerprint density at radius 1 is 1.38 bits per heavy atom.